The summed E-state index contributed by atoms with van der Waals surface area (Å²) in [6, 6.07) is 10.4. The van der Waals surface area contributed by atoms with Crippen molar-refractivity contribution < 1.29 is 9.72 Å². The maximum absolute atomic E-state index is 12.0. The Balaban J connectivity index is 2.15. The van der Waals surface area contributed by atoms with Crippen LogP contribution in [0, 0.1) is 10.1 Å². The number of hydrogen-bond donors (Lipinski definition) is 1. The Hall–Kier alpha value is -1.92. The first-order valence-electron chi connectivity index (χ1n) is 5.48. The predicted molar refractivity (Wildman–Crippen MR) is 80.2 cm³/mol. The number of halogens is 2. The van der Waals surface area contributed by atoms with E-state index in [0.29, 0.717) is 16.3 Å². The monoisotopic (exact) mass is 354 g/mol. The molecule has 1 N–H and O–H groups in total. The molecule has 5 nitrogen and oxygen atoms in total. The van der Waals surface area contributed by atoms with E-state index in [1.54, 1.807) is 18.2 Å². The van der Waals surface area contributed by atoms with Crippen molar-refractivity contribution in [3.63, 3.8) is 0 Å². The number of carbonyl (C=O) groups excluding carboxylic acids is 1. The SMILES string of the molecule is O=C(Nc1ccc(Br)c(Cl)c1)c1ccc([N+](=O)[O-])cc1. The fraction of sp³-hybridized carbons (Fsp3) is 0. The number of amides is 1. The van der Waals surface area contributed by atoms with E-state index < -0.39 is 4.92 Å². The van der Waals surface area contributed by atoms with Crippen LogP contribution in [0.1, 0.15) is 10.4 Å². The Morgan fingerprint density at radius 3 is 2.40 bits per heavy atom. The van der Waals surface area contributed by atoms with E-state index in [0.717, 1.165) is 4.47 Å². The zero-order valence-electron chi connectivity index (χ0n) is 9.97. The summed E-state index contributed by atoms with van der Waals surface area (Å²) in [6.45, 7) is 0. The maximum Gasteiger partial charge on any atom is 0.269 e. The first-order valence-corrected chi connectivity index (χ1v) is 6.65. The molecule has 0 spiro atoms. The fourth-order valence-electron chi connectivity index (χ4n) is 1.51. The van der Waals surface area contributed by atoms with Gasteiger partial charge in [-0.15, -0.1) is 0 Å². The van der Waals surface area contributed by atoms with E-state index in [9.17, 15) is 14.9 Å². The third kappa shape index (κ3) is 3.34. The largest absolute Gasteiger partial charge is 0.322 e. The second-order valence-corrected chi connectivity index (χ2v) is 5.15. The number of nitrogens with one attached hydrogen (secondary N) is 1. The van der Waals surface area contributed by atoms with Gasteiger partial charge in [0, 0.05) is 27.9 Å². The third-order valence-corrected chi connectivity index (χ3v) is 3.75. The molecular weight excluding hydrogens is 348 g/mol. The van der Waals surface area contributed by atoms with Crippen molar-refractivity contribution in [1.29, 1.82) is 0 Å². The lowest BCUT2D eigenvalue weighted by atomic mass is 10.2. The van der Waals surface area contributed by atoms with Gasteiger partial charge in [0.05, 0.1) is 9.95 Å². The summed E-state index contributed by atoms with van der Waals surface area (Å²) in [5.74, 6) is -0.363. The van der Waals surface area contributed by atoms with Crippen molar-refractivity contribution in [2.75, 3.05) is 5.32 Å². The highest BCUT2D eigenvalue weighted by Gasteiger charge is 2.10. The van der Waals surface area contributed by atoms with Crippen LogP contribution in [0.2, 0.25) is 5.02 Å². The number of benzene rings is 2. The second-order valence-electron chi connectivity index (χ2n) is 3.89. The van der Waals surface area contributed by atoms with Crippen molar-refractivity contribution in [1.82, 2.24) is 0 Å². The lowest BCUT2D eigenvalue weighted by Crippen LogP contribution is -2.11. The first-order chi connectivity index (χ1) is 9.47. The molecule has 102 valence electrons. The van der Waals surface area contributed by atoms with Gasteiger partial charge in [-0.2, -0.15) is 0 Å². The van der Waals surface area contributed by atoms with Crippen LogP contribution < -0.4 is 5.32 Å². The molecule has 0 aliphatic carbocycles. The molecule has 0 aromatic heterocycles. The molecular formula is C13H8BrClN2O3. The van der Waals surface area contributed by atoms with Crippen LogP contribution in [0.25, 0.3) is 0 Å². The highest BCUT2D eigenvalue weighted by molar-refractivity contribution is 9.10. The molecule has 2 rings (SSSR count). The molecule has 2 aromatic carbocycles. The number of rotatable bonds is 3. The topological polar surface area (TPSA) is 72.2 Å². The summed E-state index contributed by atoms with van der Waals surface area (Å²) < 4.78 is 0.729. The van der Waals surface area contributed by atoms with Gasteiger partial charge in [-0.05, 0) is 46.3 Å². The van der Waals surface area contributed by atoms with Crippen molar-refractivity contribution >= 4 is 44.8 Å². The predicted octanol–water partition coefficient (Wildman–Crippen LogP) is 4.26. The van der Waals surface area contributed by atoms with Gasteiger partial charge >= 0.3 is 0 Å². The summed E-state index contributed by atoms with van der Waals surface area (Å²) >= 11 is 9.18. The van der Waals surface area contributed by atoms with Gasteiger partial charge in [0.1, 0.15) is 0 Å². The van der Waals surface area contributed by atoms with Crippen LogP contribution in [0.5, 0.6) is 0 Å². The third-order valence-electron chi connectivity index (χ3n) is 2.52. The number of carbonyl (C=O) groups is 1. The normalized spacial score (nSPS) is 10.1. The average Bonchev–Trinajstić information content (AvgIpc) is 2.43. The number of non-ortho nitro benzene ring substituents is 1. The van der Waals surface area contributed by atoms with E-state index in [4.69, 9.17) is 11.6 Å². The Morgan fingerprint density at radius 1 is 1.20 bits per heavy atom. The van der Waals surface area contributed by atoms with Gasteiger partial charge in [-0.25, -0.2) is 0 Å². The van der Waals surface area contributed by atoms with E-state index in [2.05, 4.69) is 21.2 Å². The van der Waals surface area contributed by atoms with Gasteiger partial charge in [0.25, 0.3) is 11.6 Å². The first kappa shape index (κ1) is 14.5. The van der Waals surface area contributed by atoms with Crippen molar-refractivity contribution in [3.8, 4) is 0 Å². The Kier molecular flexibility index (Phi) is 4.36. The Morgan fingerprint density at radius 2 is 1.85 bits per heavy atom. The molecule has 20 heavy (non-hydrogen) atoms. The smallest absolute Gasteiger partial charge is 0.269 e. The van der Waals surface area contributed by atoms with Crippen molar-refractivity contribution in [3.05, 3.63) is 67.6 Å². The molecule has 0 aliphatic heterocycles. The summed E-state index contributed by atoms with van der Waals surface area (Å²) in [4.78, 5) is 22.0. The summed E-state index contributed by atoms with van der Waals surface area (Å²) in [5, 5.41) is 13.7. The van der Waals surface area contributed by atoms with E-state index in [1.165, 1.54) is 24.3 Å². The van der Waals surface area contributed by atoms with E-state index in [-0.39, 0.29) is 11.6 Å². The van der Waals surface area contributed by atoms with Crippen LogP contribution in [0.3, 0.4) is 0 Å². The maximum atomic E-state index is 12.0. The number of nitro groups is 1. The highest BCUT2D eigenvalue weighted by atomic mass is 79.9. The van der Waals surface area contributed by atoms with Crippen LogP contribution in [-0.2, 0) is 0 Å². The van der Waals surface area contributed by atoms with Gasteiger partial charge in [0.2, 0.25) is 0 Å². The molecule has 1 amide bonds. The van der Waals surface area contributed by atoms with Gasteiger partial charge < -0.3 is 5.32 Å². The number of anilines is 1. The minimum absolute atomic E-state index is 0.0618. The van der Waals surface area contributed by atoms with Crippen molar-refractivity contribution in [2.24, 2.45) is 0 Å². The van der Waals surface area contributed by atoms with Crippen LogP contribution in [0.4, 0.5) is 11.4 Å². The minimum atomic E-state index is -0.518. The molecule has 0 aliphatic rings. The lowest BCUT2D eigenvalue weighted by Gasteiger charge is -2.06. The molecule has 0 saturated heterocycles. The molecule has 7 heteroatoms. The molecule has 0 atom stereocenters. The second kappa shape index (κ2) is 6.02. The molecule has 0 unspecified atom stereocenters. The van der Waals surface area contributed by atoms with Gasteiger partial charge in [-0.1, -0.05) is 11.6 Å². The van der Waals surface area contributed by atoms with Crippen LogP contribution in [-0.4, -0.2) is 10.8 Å². The van der Waals surface area contributed by atoms with Crippen LogP contribution >= 0.6 is 27.5 Å². The number of nitrogens with zero attached hydrogens (tertiary/aromatic N) is 1. The van der Waals surface area contributed by atoms with Gasteiger partial charge in [0.15, 0.2) is 0 Å². The summed E-state index contributed by atoms with van der Waals surface area (Å²) in [6.07, 6.45) is 0. The molecule has 0 saturated carbocycles. The molecule has 0 fully saturated rings. The zero-order valence-corrected chi connectivity index (χ0v) is 12.3. The molecule has 0 bridgehead atoms. The lowest BCUT2D eigenvalue weighted by molar-refractivity contribution is -0.384. The highest BCUT2D eigenvalue weighted by Crippen LogP contribution is 2.25. The molecule has 2 aromatic rings. The van der Waals surface area contributed by atoms with E-state index in [1.807, 2.05) is 0 Å². The standard InChI is InChI=1S/C13H8BrClN2O3/c14-11-6-3-9(7-12(11)15)16-13(18)8-1-4-10(5-2-8)17(19)20/h1-7H,(H,16,18). The number of nitro benzene ring substituents is 1. The van der Waals surface area contributed by atoms with Gasteiger partial charge in [-0.3, -0.25) is 14.9 Å². The molecule has 0 radical (unpaired) electrons. The Bertz CT molecular complexity index is 674. The summed E-state index contributed by atoms with van der Waals surface area (Å²) in [7, 11) is 0. The van der Waals surface area contributed by atoms with Crippen LogP contribution in [0.15, 0.2) is 46.9 Å². The minimum Gasteiger partial charge on any atom is -0.322 e. The zero-order chi connectivity index (χ0) is 14.7. The fourth-order valence-corrected chi connectivity index (χ4v) is 1.94. The van der Waals surface area contributed by atoms with E-state index >= 15 is 0 Å². The van der Waals surface area contributed by atoms with Crippen molar-refractivity contribution in [2.45, 2.75) is 0 Å². The molecule has 0 heterocycles. The Labute approximate surface area is 127 Å². The average molecular weight is 356 g/mol. The summed E-state index contributed by atoms with van der Waals surface area (Å²) in [5.41, 5.74) is 0.810. The number of hydrogen-bond acceptors (Lipinski definition) is 3. The quantitative estimate of drug-likeness (QED) is 0.660.